The van der Waals surface area contributed by atoms with Gasteiger partial charge in [0.25, 0.3) is 5.91 Å². The van der Waals surface area contributed by atoms with Crippen molar-refractivity contribution in [3.8, 4) is 0 Å². The fourth-order valence-electron chi connectivity index (χ4n) is 3.70. The van der Waals surface area contributed by atoms with E-state index in [0.717, 1.165) is 15.6 Å². The number of carbonyl (C=O) groups is 1. The number of hydrogen-bond acceptors (Lipinski definition) is 4. The van der Waals surface area contributed by atoms with Crippen LogP contribution in [0.3, 0.4) is 0 Å². The largest absolute Gasteiger partial charge is 0.459 e. The molecule has 2 N–H and O–H groups in total. The summed E-state index contributed by atoms with van der Waals surface area (Å²) in [5.41, 5.74) is 1.83. The molecule has 31 heavy (non-hydrogen) atoms. The van der Waals surface area contributed by atoms with Gasteiger partial charge in [0.05, 0.1) is 0 Å². The maximum atomic E-state index is 13.1. The summed E-state index contributed by atoms with van der Waals surface area (Å²) in [6, 6.07) is 13.9. The van der Waals surface area contributed by atoms with Crippen molar-refractivity contribution < 1.29 is 23.8 Å². The van der Waals surface area contributed by atoms with Crippen molar-refractivity contribution >= 4 is 21.8 Å². The number of benzene rings is 2. The number of nitrogens with one attached hydrogen (secondary N) is 1. The van der Waals surface area contributed by atoms with Gasteiger partial charge in [-0.2, -0.15) is 0 Å². The molecule has 0 saturated carbocycles. The van der Waals surface area contributed by atoms with E-state index in [-0.39, 0.29) is 42.5 Å². The van der Waals surface area contributed by atoms with Gasteiger partial charge in [0, 0.05) is 36.1 Å². The summed E-state index contributed by atoms with van der Waals surface area (Å²) in [6.07, 6.45) is 2.55. The lowest BCUT2D eigenvalue weighted by atomic mass is 9.80. The highest BCUT2D eigenvalue weighted by Crippen LogP contribution is 2.39. The van der Waals surface area contributed by atoms with E-state index in [1.54, 1.807) is 12.1 Å². The molecule has 1 heterocycles. The first-order valence-corrected chi connectivity index (χ1v) is 11.2. The average Bonchev–Trinajstić information content (AvgIpc) is 2.78. The monoisotopic (exact) mass is 491 g/mol. The van der Waals surface area contributed by atoms with E-state index < -0.39 is 6.29 Å². The highest BCUT2D eigenvalue weighted by atomic mass is 79.9. The van der Waals surface area contributed by atoms with Gasteiger partial charge in [-0.3, -0.25) is 4.79 Å². The van der Waals surface area contributed by atoms with Gasteiger partial charge in [-0.15, -0.1) is 0 Å². The summed E-state index contributed by atoms with van der Waals surface area (Å²) in [7, 11) is 0. The predicted octanol–water partition coefficient (Wildman–Crippen LogP) is 4.65. The van der Waals surface area contributed by atoms with Crippen LogP contribution in [0.2, 0.25) is 0 Å². The Balaban J connectivity index is 1.83. The fraction of sp³-hybridized carbons (Fsp3) is 0.375. The second kappa shape index (κ2) is 11.4. The molecule has 7 heteroatoms. The van der Waals surface area contributed by atoms with Crippen molar-refractivity contribution in [1.29, 1.82) is 0 Å². The van der Waals surface area contributed by atoms with Crippen LogP contribution >= 0.6 is 15.9 Å². The Morgan fingerprint density at radius 1 is 1.19 bits per heavy atom. The molecule has 2 aromatic carbocycles. The third kappa shape index (κ3) is 6.38. The fourth-order valence-corrected chi connectivity index (χ4v) is 3.97. The second-order valence-electron chi connectivity index (χ2n) is 7.39. The number of carbonyl (C=O) groups excluding carboxylic acids is 1. The van der Waals surface area contributed by atoms with Gasteiger partial charge in [-0.25, -0.2) is 4.39 Å². The molecule has 166 valence electrons. The van der Waals surface area contributed by atoms with Crippen molar-refractivity contribution in [2.75, 3.05) is 13.2 Å². The zero-order valence-electron chi connectivity index (χ0n) is 17.4. The normalized spacial score (nSPS) is 20.6. The van der Waals surface area contributed by atoms with Crippen LogP contribution in [0.4, 0.5) is 4.39 Å². The van der Waals surface area contributed by atoms with Crippen molar-refractivity contribution in [2.24, 2.45) is 5.92 Å². The molecule has 0 aromatic heterocycles. The van der Waals surface area contributed by atoms with Gasteiger partial charge < -0.3 is 19.9 Å². The molecule has 1 amide bonds. The number of rotatable bonds is 9. The van der Waals surface area contributed by atoms with Gasteiger partial charge in [-0.1, -0.05) is 40.2 Å². The van der Waals surface area contributed by atoms with Crippen molar-refractivity contribution in [1.82, 2.24) is 5.32 Å². The van der Waals surface area contributed by atoms with Crippen molar-refractivity contribution in [3.05, 3.63) is 81.8 Å². The zero-order chi connectivity index (χ0) is 22.2. The molecule has 5 nitrogen and oxygen atoms in total. The molecular formula is C24H27BrFNO4. The highest BCUT2D eigenvalue weighted by molar-refractivity contribution is 9.10. The number of ether oxygens (including phenoxy) is 2. The first-order valence-electron chi connectivity index (χ1n) is 10.4. The second-order valence-corrected chi connectivity index (χ2v) is 8.30. The molecule has 0 bridgehead atoms. The van der Waals surface area contributed by atoms with Crippen molar-refractivity contribution in [3.63, 3.8) is 0 Å². The Labute approximate surface area is 190 Å². The molecule has 0 aliphatic carbocycles. The number of halogens is 2. The van der Waals surface area contributed by atoms with Crippen LogP contribution in [-0.4, -0.2) is 30.5 Å². The summed E-state index contributed by atoms with van der Waals surface area (Å²) >= 11 is 3.46. The molecule has 0 unspecified atom stereocenters. The summed E-state index contributed by atoms with van der Waals surface area (Å²) in [5.74, 6) is -0.608. The number of allylic oxidation sites excluding steroid dienone is 1. The topological polar surface area (TPSA) is 67.8 Å². The van der Waals surface area contributed by atoms with E-state index in [2.05, 4.69) is 21.2 Å². The lowest BCUT2D eigenvalue weighted by Crippen LogP contribution is -2.39. The first-order chi connectivity index (χ1) is 15.0. The Kier molecular flexibility index (Phi) is 8.63. The molecule has 0 fully saturated rings. The Morgan fingerprint density at radius 2 is 1.90 bits per heavy atom. The standard InChI is InChI=1S/C24H27BrFNO4/c1-2-30-24-20(4-3-13-28)21(17-7-9-18(25)10-8-17)14-22(31-24)23(29)27-15-16-5-11-19(26)12-6-16/h5-12,14,20-21,24,28H,2-4,13,15H2,1H3,(H,27,29)/t20-,21+,24+/m0/s1. The van der Waals surface area contributed by atoms with Gasteiger partial charge in [0.2, 0.25) is 6.29 Å². The summed E-state index contributed by atoms with van der Waals surface area (Å²) in [5, 5.41) is 12.2. The third-order valence-corrected chi connectivity index (χ3v) is 5.79. The number of amides is 1. The van der Waals surface area contributed by atoms with Crippen LogP contribution in [-0.2, 0) is 20.8 Å². The number of aliphatic hydroxyl groups is 1. The van der Waals surface area contributed by atoms with Crippen LogP contribution in [0.1, 0.15) is 36.8 Å². The Hall–Kier alpha value is -2.22. The molecule has 0 spiro atoms. The van der Waals surface area contributed by atoms with Crippen LogP contribution in [0.5, 0.6) is 0 Å². The predicted molar refractivity (Wildman–Crippen MR) is 120 cm³/mol. The molecule has 3 atom stereocenters. The zero-order valence-corrected chi connectivity index (χ0v) is 19.0. The minimum absolute atomic E-state index is 0.0399. The van der Waals surface area contributed by atoms with Gasteiger partial charge in [0.1, 0.15) is 5.82 Å². The van der Waals surface area contributed by atoms with E-state index in [4.69, 9.17) is 9.47 Å². The lowest BCUT2D eigenvalue weighted by molar-refractivity contribution is -0.166. The molecule has 3 rings (SSSR count). The van der Waals surface area contributed by atoms with Crippen molar-refractivity contribution in [2.45, 2.75) is 38.5 Å². The molecule has 1 aliphatic rings. The number of aliphatic hydroxyl groups excluding tert-OH is 1. The smallest absolute Gasteiger partial charge is 0.286 e. The summed E-state index contributed by atoms with van der Waals surface area (Å²) < 4.78 is 25.9. The van der Waals surface area contributed by atoms with Gasteiger partial charge >= 0.3 is 0 Å². The Bertz CT molecular complexity index is 885. The van der Waals surface area contributed by atoms with E-state index in [1.165, 1.54) is 12.1 Å². The molecule has 0 saturated heterocycles. The molecule has 2 aromatic rings. The van der Waals surface area contributed by atoms with Gasteiger partial charge in [-0.05, 0) is 61.2 Å². The summed E-state index contributed by atoms with van der Waals surface area (Å²) in [6.45, 7) is 2.67. The third-order valence-electron chi connectivity index (χ3n) is 5.26. The van der Waals surface area contributed by atoms with E-state index in [9.17, 15) is 14.3 Å². The minimum atomic E-state index is -0.596. The van der Waals surface area contributed by atoms with Crippen LogP contribution in [0, 0.1) is 11.7 Å². The van der Waals surface area contributed by atoms with E-state index in [1.807, 2.05) is 37.3 Å². The molecule has 0 radical (unpaired) electrons. The maximum absolute atomic E-state index is 13.1. The average molecular weight is 492 g/mol. The van der Waals surface area contributed by atoms with Crippen LogP contribution in [0.15, 0.2) is 64.8 Å². The molecular weight excluding hydrogens is 465 g/mol. The number of hydrogen-bond donors (Lipinski definition) is 2. The van der Waals surface area contributed by atoms with Crippen LogP contribution in [0.25, 0.3) is 0 Å². The first kappa shape index (κ1) is 23.4. The van der Waals surface area contributed by atoms with E-state index in [0.29, 0.717) is 19.4 Å². The lowest BCUT2D eigenvalue weighted by Gasteiger charge is -2.37. The minimum Gasteiger partial charge on any atom is -0.459 e. The molecule has 1 aliphatic heterocycles. The van der Waals surface area contributed by atoms with Gasteiger partial charge in [0.15, 0.2) is 5.76 Å². The SMILES string of the molecule is CCO[C@@H]1OC(C(=O)NCc2ccc(F)cc2)=C[C@H](c2ccc(Br)cc2)[C@@H]1CCCO. The van der Waals surface area contributed by atoms with E-state index >= 15 is 0 Å². The summed E-state index contributed by atoms with van der Waals surface area (Å²) in [4.78, 5) is 12.9. The highest BCUT2D eigenvalue weighted by Gasteiger charge is 2.37. The maximum Gasteiger partial charge on any atom is 0.286 e. The Morgan fingerprint density at radius 3 is 2.55 bits per heavy atom. The van der Waals surface area contributed by atoms with Crippen LogP contribution < -0.4 is 5.32 Å². The quantitative estimate of drug-likeness (QED) is 0.535.